The number of amides is 1. The Morgan fingerprint density at radius 3 is 2.64 bits per heavy atom. The Morgan fingerprint density at radius 1 is 1.29 bits per heavy atom. The molecule has 1 aromatic rings. The van der Waals surface area contributed by atoms with Crippen molar-refractivity contribution in [1.82, 2.24) is 0 Å². The van der Waals surface area contributed by atoms with Crippen molar-refractivity contribution in [2.75, 3.05) is 24.7 Å². The molecule has 4 heteroatoms. The average Bonchev–Trinajstić information content (AvgIpc) is 2.20. The molecular formula is C10H10FNO2. The van der Waals surface area contributed by atoms with Crippen LogP contribution in [0.5, 0.6) is 0 Å². The first kappa shape index (κ1) is 9.15. The van der Waals surface area contributed by atoms with Crippen LogP contribution in [0, 0.1) is 5.82 Å². The minimum absolute atomic E-state index is 0.0807. The molecule has 3 nitrogen and oxygen atoms in total. The van der Waals surface area contributed by atoms with Gasteiger partial charge in [0.15, 0.2) is 0 Å². The third-order valence-electron chi connectivity index (χ3n) is 2.12. The fourth-order valence-corrected chi connectivity index (χ4v) is 1.41. The quantitative estimate of drug-likeness (QED) is 0.673. The molecule has 1 heterocycles. The molecule has 1 aliphatic heterocycles. The Kier molecular flexibility index (Phi) is 2.45. The normalized spacial score (nSPS) is 17.2. The van der Waals surface area contributed by atoms with Gasteiger partial charge in [-0.25, -0.2) is 4.39 Å². The van der Waals surface area contributed by atoms with Gasteiger partial charge < -0.3 is 9.64 Å². The van der Waals surface area contributed by atoms with E-state index >= 15 is 0 Å². The topological polar surface area (TPSA) is 29.5 Å². The van der Waals surface area contributed by atoms with Crippen molar-refractivity contribution in [2.24, 2.45) is 0 Å². The van der Waals surface area contributed by atoms with E-state index in [9.17, 15) is 9.18 Å². The van der Waals surface area contributed by atoms with E-state index in [2.05, 4.69) is 0 Å². The highest BCUT2D eigenvalue weighted by Crippen LogP contribution is 2.16. The Bertz CT molecular complexity index is 336. The zero-order chi connectivity index (χ0) is 9.97. The summed E-state index contributed by atoms with van der Waals surface area (Å²) >= 11 is 0. The molecule has 14 heavy (non-hydrogen) atoms. The molecule has 0 spiro atoms. The van der Waals surface area contributed by atoms with Crippen LogP contribution < -0.4 is 4.90 Å². The van der Waals surface area contributed by atoms with Crippen molar-refractivity contribution in [3.8, 4) is 0 Å². The van der Waals surface area contributed by atoms with Crippen molar-refractivity contribution in [3.63, 3.8) is 0 Å². The third-order valence-corrected chi connectivity index (χ3v) is 2.12. The number of rotatable bonds is 1. The van der Waals surface area contributed by atoms with E-state index in [1.165, 1.54) is 12.1 Å². The second-order valence-corrected chi connectivity index (χ2v) is 3.07. The lowest BCUT2D eigenvalue weighted by Crippen LogP contribution is -2.41. The van der Waals surface area contributed by atoms with Crippen LogP contribution >= 0.6 is 0 Å². The van der Waals surface area contributed by atoms with E-state index in [4.69, 9.17) is 4.74 Å². The molecule has 0 aromatic heterocycles. The van der Waals surface area contributed by atoms with Gasteiger partial charge in [-0.1, -0.05) is 0 Å². The second-order valence-electron chi connectivity index (χ2n) is 3.07. The first-order valence-corrected chi connectivity index (χ1v) is 4.41. The highest BCUT2D eigenvalue weighted by molar-refractivity contribution is 5.94. The summed E-state index contributed by atoms with van der Waals surface area (Å²) in [5.41, 5.74) is 0.722. The van der Waals surface area contributed by atoms with Gasteiger partial charge in [0, 0.05) is 12.2 Å². The Morgan fingerprint density at radius 2 is 2.00 bits per heavy atom. The number of carbonyl (C=O) groups excluding carboxylic acids is 1. The fraction of sp³-hybridized carbons (Fsp3) is 0.300. The van der Waals surface area contributed by atoms with Crippen LogP contribution in [0.1, 0.15) is 0 Å². The molecule has 74 valence electrons. The predicted molar refractivity (Wildman–Crippen MR) is 49.6 cm³/mol. The number of hydrogen-bond donors (Lipinski definition) is 0. The standard InChI is InChI=1S/C10H10FNO2/c11-8-1-3-9(4-2-8)12-5-6-14-7-10(12)13/h1-4H,5-7H2. The minimum atomic E-state index is -0.297. The van der Waals surface area contributed by atoms with Crippen LogP contribution in [0.3, 0.4) is 0 Å². The number of anilines is 1. The molecule has 1 aromatic carbocycles. The van der Waals surface area contributed by atoms with E-state index in [0.29, 0.717) is 13.2 Å². The maximum absolute atomic E-state index is 12.6. The molecule has 0 bridgehead atoms. The monoisotopic (exact) mass is 195 g/mol. The molecule has 0 N–H and O–H groups in total. The first-order chi connectivity index (χ1) is 6.77. The van der Waals surface area contributed by atoms with Gasteiger partial charge in [-0.2, -0.15) is 0 Å². The van der Waals surface area contributed by atoms with Crippen LogP contribution in [0.25, 0.3) is 0 Å². The predicted octanol–water partition coefficient (Wildman–Crippen LogP) is 1.19. The van der Waals surface area contributed by atoms with Gasteiger partial charge in [-0.3, -0.25) is 4.79 Å². The van der Waals surface area contributed by atoms with Crippen LogP contribution in [-0.4, -0.2) is 25.7 Å². The van der Waals surface area contributed by atoms with E-state index in [1.54, 1.807) is 17.0 Å². The highest BCUT2D eigenvalue weighted by atomic mass is 19.1. The minimum Gasteiger partial charge on any atom is -0.370 e. The van der Waals surface area contributed by atoms with Gasteiger partial charge in [0.05, 0.1) is 6.61 Å². The van der Waals surface area contributed by atoms with Crippen LogP contribution in [0.4, 0.5) is 10.1 Å². The smallest absolute Gasteiger partial charge is 0.253 e. The van der Waals surface area contributed by atoms with Crippen molar-refractivity contribution in [1.29, 1.82) is 0 Å². The zero-order valence-electron chi connectivity index (χ0n) is 7.57. The maximum Gasteiger partial charge on any atom is 0.253 e. The SMILES string of the molecule is O=C1COCCN1c1ccc(F)cc1. The molecule has 2 rings (SSSR count). The number of nitrogens with zero attached hydrogens (tertiary/aromatic N) is 1. The Balaban J connectivity index is 2.20. The summed E-state index contributed by atoms with van der Waals surface area (Å²) in [5.74, 6) is -0.377. The average molecular weight is 195 g/mol. The number of benzene rings is 1. The van der Waals surface area contributed by atoms with Gasteiger partial charge in [-0.15, -0.1) is 0 Å². The van der Waals surface area contributed by atoms with Gasteiger partial charge in [-0.05, 0) is 24.3 Å². The molecule has 0 unspecified atom stereocenters. The van der Waals surface area contributed by atoms with E-state index in [0.717, 1.165) is 5.69 Å². The lowest BCUT2D eigenvalue weighted by molar-refractivity contribution is -0.125. The van der Waals surface area contributed by atoms with Crippen molar-refractivity contribution < 1.29 is 13.9 Å². The molecule has 0 saturated carbocycles. The molecule has 0 aliphatic carbocycles. The molecule has 1 saturated heterocycles. The fourth-order valence-electron chi connectivity index (χ4n) is 1.41. The highest BCUT2D eigenvalue weighted by Gasteiger charge is 2.19. The molecular weight excluding hydrogens is 185 g/mol. The number of morpholine rings is 1. The summed E-state index contributed by atoms with van der Waals surface area (Å²) in [6.07, 6.45) is 0. The summed E-state index contributed by atoms with van der Waals surface area (Å²) in [6, 6.07) is 5.88. The lowest BCUT2D eigenvalue weighted by atomic mass is 10.2. The molecule has 0 atom stereocenters. The van der Waals surface area contributed by atoms with Crippen molar-refractivity contribution in [3.05, 3.63) is 30.1 Å². The first-order valence-electron chi connectivity index (χ1n) is 4.41. The van der Waals surface area contributed by atoms with Crippen LogP contribution in [0.2, 0.25) is 0 Å². The zero-order valence-corrected chi connectivity index (χ0v) is 7.57. The second kappa shape index (κ2) is 3.75. The Hall–Kier alpha value is -1.42. The van der Waals surface area contributed by atoms with Crippen molar-refractivity contribution in [2.45, 2.75) is 0 Å². The third kappa shape index (κ3) is 1.75. The van der Waals surface area contributed by atoms with E-state index in [1.807, 2.05) is 0 Å². The summed E-state index contributed by atoms with van der Waals surface area (Å²) < 4.78 is 17.6. The number of hydrogen-bond acceptors (Lipinski definition) is 2. The van der Waals surface area contributed by atoms with Crippen LogP contribution in [0.15, 0.2) is 24.3 Å². The summed E-state index contributed by atoms with van der Waals surface area (Å²) in [6.45, 7) is 1.17. The number of halogens is 1. The summed E-state index contributed by atoms with van der Waals surface area (Å²) in [4.78, 5) is 13.0. The van der Waals surface area contributed by atoms with E-state index < -0.39 is 0 Å². The molecule has 0 radical (unpaired) electrons. The lowest BCUT2D eigenvalue weighted by Gasteiger charge is -2.26. The van der Waals surface area contributed by atoms with Gasteiger partial charge in [0.1, 0.15) is 12.4 Å². The Labute approximate surface area is 81.1 Å². The summed E-state index contributed by atoms with van der Waals surface area (Å²) in [7, 11) is 0. The van der Waals surface area contributed by atoms with Gasteiger partial charge in [0.25, 0.3) is 5.91 Å². The largest absolute Gasteiger partial charge is 0.370 e. The molecule has 1 fully saturated rings. The molecule has 1 amide bonds. The molecule has 1 aliphatic rings. The van der Waals surface area contributed by atoms with Crippen LogP contribution in [-0.2, 0) is 9.53 Å². The number of ether oxygens (including phenoxy) is 1. The van der Waals surface area contributed by atoms with Gasteiger partial charge >= 0.3 is 0 Å². The van der Waals surface area contributed by atoms with E-state index in [-0.39, 0.29) is 18.3 Å². The summed E-state index contributed by atoms with van der Waals surface area (Å²) in [5, 5.41) is 0. The number of carbonyl (C=O) groups is 1. The van der Waals surface area contributed by atoms with Crippen molar-refractivity contribution >= 4 is 11.6 Å². The van der Waals surface area contributed by atoms with Gasteiger partial charge in [0.2, 0.25) is 0 Å². The maximum atomic E-state index is 12.6.